The summed E-state index contributed by atoms with van der Waals surface area (Å²) in [5.41, 5.74) is 4.95. The zero-order chi connectivity index (χ0) is 23.1. The Kier molecular flexibility index (Phi) is 6.92. The van der Waals surface area contributed by atoms with Crippen molar-refractivity contribution < 1.29 is 14.5 Å². The number of nitrogens with one attached hydrogen (secondary N) is 2. The van der Waals surface area contributed by atoms with Crippen LogP contribution in [0.3, 0.4) is 0 Å². The molecule has 9 heteroatoms. The molecule has 0 atom stereocenters. The molecule has 0 heterocycles. The van der Waals surface area contributed by atoms with Gasteiger partial charge in [-0.25, -0.2) is 5.43 Å². The molecule has 0 spiro atoms. The highest BCUT2D eigenvalue weighted by Crippen LogP contribution is 2.16. The lowest BCUT2D eigenvalue weighted by Crippen LogP contribution is -2.18. The van der Waals surface area contributed by atoms with Crippen molar-refractivity contribution in [2.45, 2.75) is 0 Å². The fourth-order valence-corrected chi connectivity index (χ4v) is 2.79. The highest BCUT2D eigenvalue weighted by molar-refractivity contribution is 6.05. The van der Waals surface area contributed by atoms with Crippen LogP contribution < -0.4 is 15.6 Å². The lowest BCUT2D eigenvalue weighted by molar-refractivity contribution is -0.384. The summed E-state index contributed by atoms with van der Waals surface area (Å²) in [4.78, 5) is 37.1. The number of nitro benzene ring substituents is 1. The molecule has 0 radical (unpaired) electrons. The second kappa shape index (κ2) is 9.98. The molecule has 0 aliphatic heterocycles. The number of carbonyl (C=O) groups is 2. The quantitative estimate of drug-likeness (QED) is 0.336. The standard InChI is InChI=1S/C23H21N5O4/c1-27(2)20-11-9-16(10-12-20)15-24-26-23(30)17-5-3-7-19(13-17)25-22(29)18-6-4-8-21(14-18)28(31)32/h3-15H,1-2H3,(H,25,29)(H,26,30)/b24-15+. The Morgan fingerprint density at radius 1 is 0.938 bits per heavy atom. The number of hydrogen-bond donors (Lipinski definition) is 2. The molecule has 3 aromatic rings. The molecule has 0 aliphatic rings. The van der Waals surface area contributed by atoms with E-state index in [0.717, 1.165) is 11.3 Å². The van der Waals surface area contributed by atoms with Gasteiger partial charge in [-0.1, -0.05) is 24.3 Å². The van der Waals surface area contributed by atoms with Crippen LogP contribution in [-0.2, 0) is 0 Å². The van der Waals surface area contributed by atoms with E-state index in [1.807, 2.05) is 43.3 Å². The van der Waals surface area contributed by atoms with E-state index in [1.165, 1.54) is 36.5 Å². The summed E-state index contributed by atoms with van der Waals surface area (Å²) in [6.45, 7) is 0. The number of nitro groups is 1. The van der Waals surface area contributed by atoms with Crippen molar-refractivity contribution in [1.29, 1.82) is 0 Å². The first-order valence-electron chi connectivity index (χ1n) is 9.60. The maximum absolute atomic E-state index is 12.4. The average molecular weight is 431 g/mol. The van der Waals surface area contributed by atoms with E-state index in [0.29, 0.717) is 11.3 Å². The topological polar surface area (TPSA) is 117 Å². The molecule has 2 N–H and O–H groups in total. The van der Waals surface area contributed by atoms with Gasteiger partial charge >= 0.3 is 0 Å². The zero-order valence-corrected chi connectivity index (χ0v) is 17.5. The van der Waals surface area contributed by atoms with Crippen molar-refractivity contribution >= 4 is 35.1 Å². The number of hydrazone groups is 1. The monoisotopic (exact) mass is 431 g/mol. The highest BCUT2D eigenvalue weighted by atomic mass is 16.6. The lowest BCUT2D eigenvalue weighted by atomic mass is 10.1. The molecule has 32 heavy (non-hydrogen) atoms. The number of hydrogen-bond acceptors (Lipinski definition) is 6. The third kappa shape index (κ3) is 5.76. The molecule has 0 unspecified atom stereocenters. The number of non-ortho nitro benzene ring substituents is 1. The molecule has 0 bridgehead atoms. The van der Waals surface area contributed by atoms with E-state index >= 15 is 0 Å². The number of benzene rings is 3. The van der Waals surface area contributed by atoms with Gasteiger partial charge in [0.15, 0.2) is 0 Å². The normalized spacial score (nSPS) is 10.6. The van der Waals surface area contributed by atoms with Crippen molar-refractivity contribution in [2.24, 2.45) is 5.10 Å². The maximum Gasteiger partial charge on any atom is 0.271 e. The van der Waals surface area contributed by atoms with Crippen LogP contribution in [0.25, 0.3) is 0 Å². The molecular weight excluding hydrogens is 410 g/mol. The predicted molar refractivity (Wildman–Crippen MR) is 123 cm³/mol. The van der Waals surface area contributed by atoms with Crippen molar-refractivity contribution in [1.82, 2.24) is 5.43 Å². The Morgan fingerprint density at radius 2 is 1.59 bits per heavy atom. The molecule has 0 saturated heterocycles. The Labute approximate surface area is 184 Å². The molecule has 3 rings (SSSR count). The smallest absolute Gasteiger partial charge is 0.271 e. The van der Waals surface area contributed by atoms with Crippen molar-refractivity contribution in [2.75, 3.05) is 24.3 Å². The second-order valence-electron chi connectivity index (χ2n) is 7.03. The number of anilines is 2. The summed E-state index contributed by atoms with van der Waals surface area (Å²) in [5.74, 6) is -0.969. The molecule has 0 aromatic heterocycles. The predicted octanol–water partition coefficient (Wildman–Crippen LogP) is 3.68. The Hall–Kier alpha value is -4.53. The van der Waals surface area contributed by atoms with E-state index in [-0.39, 0.29) is 11.3 Å². The molecule has 2 amide bonds. The van der Waals surface area contributed by atoms with Gasteiger partial charge in [0.05, 0.1) is 11.1 Å². The second-order valence-corrected chi connectivity index (χ2v) is 7.03. The minimum Gasteiger partial charge on any atom is -0.378 e. The Morgan fingerprint density at radius 3 is 2.25 bits per heavy atom. The van der Waals surface area contributed by atoms with E-state index in [2.05, 4.69) is 15.8 Å². The number of carbonyl (C=O) groups excluding carboxylic acids is 2. The summed E-state index contributed by atoms with van der Waals surface area (Å²) in [6.07, 6.45) is 1.53. The van der Waals surface area contributed by atoms with Gasteiger partial charge in [-0.2, -0.15) is 5.10 Å². The first kappa shape index (κ1) is 22.2. The molecule has 0 fully saturated rings. The third-order valence-corrected chi connectivity index (χ3v) is 4.49. The Balaban J connectivity index is 1.63. The molecule has 0 saturated carbocycles. The van der Waals surface area contributed by atoms with Crippen molar-refractivity contribution in [3.63, 3.8) is 0 Å². The summed E-state index contributed by atoms with van der Waals surface area (Å²) in [6, 6.07) is 19.3. The van der Waals surface area contributed by atoms with Gasteiger partial charge in [0.2, 0.25) is 0 Å². The highest BCUT2D eigenvalue weighted by Gasteiger charge is 2.12. The summed E-state index contributed by atoms with van der Waals surface area (Å²) < 4.78 is 0. The van der Waals surface area contributed by atoms with Gasteiger partial charge in [0.1, 0.15) is 0 Å². The minimum atomic E-state index is -0.571. The maximum atomic E-state index is 12.4. The van der Waals surface area contributed by atoms with E-state index in [4.69, 9.17) is 0 Å². The fourth-order valence-electron chi connectivity index (χ4n) is 2.79. The SMILES string of the molecule is CN(C)c1ccc(/C=N/NC(=O)c2cccc(NC(=O)c3cccc([N+](=O)[O-])c3)c2)cc1. The zero-order valence-electron chi connectivity index (χ0n) is 17.5. The number of rotatable bonds is 7. The molecule has 3 aromatic carbocycles. The first-order chi connectivity index (χ1) is 15.3. The largest absolute Gasteiger partial charge is 0.378 e. The van der Waals surface area contributed by atoms with Crippen LogP contribution in [0.4, 0.5) is 17.1 Å². The third-order valence-electron chi connectivity index (χ3n) is 4.49. The van der Waals surface area contributed by atoms with Gasteiger partial charge in [-0.05, 0) is 42.0 Å². The number of nitrogens with zero attached hydrogens (tertiary/aromatic N) is 3. The van der Waals surface area contributed by atoms with Gasteiger partial charge in [-0.15, -0.1) is 0 Å². The summed E-state index contributed by atoms with van der Waals surface area (Å²) in [5, 5.41) is 17.5. The van der Waals surface area contributed by atoms with Gasteiger partial charge in [0, 0.05) is 48.7 Å². The van der Waals surface area contributed by atoms with Crippen LogP contribution in [0, 0.1) is 10.1 Å². The van der Waals surface area contributed by atoms with E-state index < -0.39 is 16.7 Å². The van der Waals surface area contributed by atoms with Crippen molar-refractivity contribution in [3.8, 4) is 0 Å². The summed E-state index contributed by atoms with van der Waals surface area (Å²) >= 11 is 0. The van der Waals surface area contributed by atoms with Crippen LogP contribution >= 0.6 is 0 Å². The lowest BCUT2D eigenvalue weighted by Gasteiger charge is -2.11. The molecule has 0 aliphatic carbocycles. The van der Waals surface area contributed by atoms with Crippen LogP contribution in [0.2, 0.25) is 0 Å². The van der Waals surface area contributed by atoms with Crippen LogP contribution in [0.1, 0.15) is 26.3 Å². The Bertz CT molecular complexity index is 1170. The summed E-state index contributed by atoms with van der Waals surface area (Å²) in [7, 11) is 3.90. The average Bonchev–Trinajstić information content (AvgIpc) is 2.79. The van der Waals surface area contributed by atoms with Gasteiger partial charge in [0.25, 0.3) is 17.5 Å². The fraction of sp³-hybridized carbons (Fsp3) is 0.0870. The first-order valence-corrected chi connectivity index (χ1v) is 9.60. The van der Waals surface area contributed by atoms with Gasteiger partial charge in [-0.3, -0.25) is 19.7 Å². The van der Waals surface area contributed by atoms with Gasteiger partial charge < -0.3 is 10.2 Å². The number of amides is 2. The van der Waals surface area contributed by atoms with E-state index in [1.54, 1.807) is 18.2 Å². The molecule has 162 valence electrons. The van der Waals surface area contributed by atoms with Crippen molar-refractivity contribution in [3.05, 3.63) is 99.6 Å². The minimum absolute atomic E-state index is 0.138. The molecular formula is C23H21N5O4. The van der Waals surface area contributed by atoms with E-state index in [9.17, 15) is 19.7 Å². The molecule has 9 nitrogen and oxygen atoms in total. The van der Waals surface area contributed by atoms with Crippen LogP contribution in [0.5, 0.6) is 0 Å². The van der Waals surface area contributed by atoms with Crippen LogP contribution in [0.15, 0.2) is 77.9 Å². The van der Waals surface area contributed by atoms with Crippen LogP contribution in [-0.4, -0.2) is 37.0 Å².